The Labute approximate surface area is 199 Å². The zero-order valence-electron chi connectivity index (χ0n) is 17.5. The third-order valence-electron chi connectivity index (χ3n) is 6.25. The molecule has 2 heterocycles. The fourth-order valence-corrected chi connectivity index (χ4v) is 5.82. The first kappa shape index (κ1) is 20.2. The first-order chi connectivity index (χ1) is 16.1. The summed E-state index contributed by atoms with van der Waals surface area (Å²) in [5.74, 6) is 0.197. The molecule has 1 aromatic heterocycles. The predicted molar refractivity (Wildman–Crippen MR) is 132 cm³/mol. The van der Waals surface area contributed by atoms with Crippen LogP contribution in [0.4, 0.5) is 0 Å². The molecule has 0 radical (unpaired) electrons. The quantitative estimate of drug-likeness (QED) is 0.462. The lowest BCUT2D eigenvalue weighted by atomic mass is 9.83. The maximum Gasteiger partial charge on any atom is 0.271 e. The van der Waals surface area contributed by atoms with Gasteiger partial charge in [-0.3, -0.25) is 9.36 Å². The van der Waals surface area contributed by atoms with Gasteiger partial charge >= 0.3 is 0 Å². The van der Waals surface area contributed by atoms with Gasteiger partial charge in [0.1, 0.15) is 5.75 Å². The van der Waals surface area contributed by atoms with E-state index in [0.29, 0.717) is 14.4 Å². The summed E-state index contributed by atoms with van der Waals surface area (Å²) < 4.78 is 2.44. The number of halogens is 1. The predicted octanol–water partition coefficient (Wildman–Crippen LogP) is 4.68. The van der Waals surface area contributed by atoms with Gasteiger partial charge in [-0.2, -0.15) is 0 Å². The lowest BCUT2D eigenvalue weighted by molar-refractivity contribution is 0.475. The second kappa shape index (κ2) is 7.87. The van der Waals surface area contributed by atoms with Crippen molar-refractivity contribution in [1.82, 2.24) is 4.57 Å². The Balaban J connectivity index is 1.62. The minimum Gasteiger partial charge on any atom is -0.508 e. The lowest BCUT2D eigenvalue weighted by Crippen LogP contribution is -2.38. The van der Waals surface area contributed by atoms with Crippen LogP contribution in [-0.4, -0.2) is 9.67 Å². The minimum atomic E-state index is -0.219. The second-order valence-corrected chi connectivity index (χ2v) is 9.70. The van der Waals surface area contributed by atoms with Crippen molar-refractivity contribution in [3.05, 3.63) is 125 Å². The third kappa shape index (κ3) is 3.45. The summed E-state index contributed by atoms with van der Waals surface area (Å²) >= 11 is 7.57. The molecule has 0 saturated carbocycles. The van der Waals surface area contributed by atoms with Crippen molar-refractivity contribution in [3.8, 4) is 5.75 Å². The number of nitrogens with zero attached hydrogens (tertiary/aromatic N) is 2. The molecule has 1 N–H and O–H groups in total. The van der Waals surface area contributed by atoms with Gasteiger partial charge in [0, 0.05) is 10.6 Å². The summed E-state index contributed by atoms with van der Waals surface area (Å²) in [6.07, 6.45) is 3.64. The average molecular weight is 471 g/mol. The highest BCUT2D eigenvalue weighted by Gasteiger charge is 2.32. The highest BCUT2D eigenvalue weighted by atomic mass is 35.5. The standard InChI is InChI=1S/C27H19ClN2O2S/c28-19-10-7-18(8-11-19)25-22-14-9-17-3-1-2-4-21(17)24(22)29-27-30(25)26(32)23(33-27)15-16-5-12-20(31)13-6-16/h1-8,10-13,15,25,31H,9,14H2/b23-15-/t25-/m0/s1. The van der Waals surface area contributed by atoms with Gasteiger partial charge in [-0.05, 0) is 65.4 Å². The number of phenolic OH excluding ortho intramolecular Hbond substituents is 1. The molecule has 3 aromatic carbocycles. The van der Waals surface area contributed by atoms with Crippen LogP contribution in [0.1, 0.15) is 34.7 Å². The average Bonchev–Trinajstić information content (AvgIpc) is 3.14. The van der Waals surface area contributed by atoms with Crippen LogP contribution in [0.2, 0.25) is 5.02 Å². The van der Waals surface area contributed by atoms with E-state index in [9.17, 15) is 9.90 Å². The van der Waals surface area contributed by atoms with E-state index in [1.54, 1.807) is 24.3 Å². The normalized spacial score (nSPS) is 17.2. The third-order valence-corrected chi connectivity index (χ3v) is 7.48. The largest absolute Gasteiger partial charge is 0.508 e. The monoisotopic (exact) mass is 470 g/mol. The number of hydrogen-bond acceptors (Lipinski definition) is 4. The van der Waals surface area contributed by atoms with Gasteiger partial charge < -0.3 is 5.11 Å². The van der Waals surface area contributed by atoms with E-state index in [1.807, 2.05) is 41.0 Å². The topological polar surface area (TPSA) is 54.6 Å². The summed E-state index contributed by atoms with van der Waals surface area (Å²) in [6, 6.07) is 22.8. The number of hydrogen-bond donors (Lipinski definition) is 1. The van der Waals surface area contributed by atoms with Crippen LogP contribution in [-0.2, 0) is 6.42 Å². The molecule has 6 heteroatoms. The SMILES string of the molecule is O=c1/c(=C/c2ccc(O)cc2)sc2n1[C@@H](c1ccc(Cl)cc1)C1=C(N=2)c2ccccc2CC1. The molecule has 33 heavy (non-hydrogen) atoms. The van der Waals surface area contributed by atoms with Gasteiger partial charge in [-0.15, -0.1) is 0 Å². The van der Waals surface area contributed by atoms with E-state index in [2.05, 4.69) is 18.2 Å². The zero-order valence-corrected chi connectivity index (χ0v) is 19.1. The maximum atomic E-state index is 13.6. The Hall–Kier alpha value is -3.41. The van der Waals surface area contributed by atoms with Gasteiger partial charge in [-0.25, -0.2) is 4.99 Å². The summed E-state index contributed by atoms with van der Waals surface area (Å²) in [5, 5.41) is 10.3. The van der Waals surface area contributed by atoms with Crippen molar-refractivity contribution in [3.63, 3.8) is 0 Å². The molecular formula is C27H19ClN2O2S. The molecule has 0 saturated heterocycles. The van der Waals surface area contributed by atoms with Gasteiger partial charge in [-0.1, -0.05) is 71.5 Å². The van der Waals surface area contributed by atoms with Gasteiger partial charge in [0.25, 0.3) is 5.56 Å². The van der Waals surface area contributed by atoms with Gasteiger partial charge in [0.15, 0.2) is 4.80 Å². The highest BCUT2D eigenvalue weighted by molar-refractivity contribution is 7.07. The smallest absolute Gasteiger partial charge is 0.271 e. The number of fused-ring (bicyclic) bond motifs is 3. The van der Waals surface area contributed by atoms with Crippen molar-refractivity contribution in [2.45, 2.75) is 18.9 Å². The fourth-order valence-electron chi connectivity index (χ4n) is 4.69. The second-order valence-electron chi connectivity index (χ2n) is 8.26. The lowest BCUT2D eigenvalue weighted by Gasteiger charge is -2.30. The van der Waals surface area contributed by atoms with E-state index in [0.717, 1.165) is 35.2 Å². The Bertz CT molecular complexity index is 1600. The molecular weight excluding hydrogens is 452 g/mol. The summed E-state index contributed by atoms with van der Waals surface area (Å²) in [7, 11) is 0. The van der Waals surface area contributed by atoms with Crippen molar-refractivity contribution >= 4 is 34.7 Å². The van der Waals surface area contributed by atoms with Crippen LogP contribution in [0.15, 0.2) is 88.2 Å². The molecule has 0 spiro atoms. The van der Waals surface area contributed by atoms with Crippen LogP contribution < -0.4 is 14.9 Å². The maximum absolute atomic E-state index is 13.6. The number of aryl methyl sites for hydroxylation is 1. The Morgan fingerprint density at radius 1 is 1.00 bits per heavy atom. The number of aromatic hydroxyl groups is 1. The van der Waals surface area contributed by atoms with Crippen LogP contribution in [0.3, 0.4) is 0 Å². The molecule has 0 bridgehead atoms. The van der Waals surface area contributed by atoms with Crippen molar-refractivity contribution in [2.24, 2.45) is 4.99 Å². The molecule has 0 fully saturated rings. The van der Waals surface area contributed by atoms with Crippen LogP contribution in [0.25, 0.3) is 11.8 Å². The molecule has 1 aliphatic heterocycles. The van der Waals surface area contributed by atoms with Crippen LogP contribution in [0, 0.1) is 0 Å². The molecule has 1 atom stereocenters. The molecule has 2 aliphatic rings. The minimum absolute atomic E-state index is 0.0582. The first-order valence-electron chi connectivity index (χ1n) is 10.8. The molecule has 6 rings (SSSR count). The van der Waals surface area contributed by atoms with E-state index in [4.69, 9.17) is 16.6 Å². The van der Waals surface area contributed by atoms with E-state index >= 15 is 0 Å². The number of phenols is 1. The number of aromatic nitrogens is 1. The highest BCUT2D eigenvalue weighted by Crippen LogP contribution is 2.41. The molecule has 162 valence electrons. The number of allylic oxidation sites excluding steroid dienone is 1. The molecule has 4 aromatic rings. The van der Waals surface area contributed by atoms with E-state index in [-0.39, 0.29) is 17.4 Å². The molecule has 1 aliphatic carbocycles. The number of rotatable bonds is 2. The van der Waals surface area contributed by atoms with Gasteiger partial charge in [0.05, 0.1) is 16.3 Å². The number of thiazole rings is 1. The Morgan fingerprint density at radius 2 is 1.76 bits per heavy atom. The zero-order chi connectivity index (χ0) is 22.5. The molecule has 4 nitrogen and oxygen atoms in total. The number of benzene rings is 3. The fraction of sp³-hybridized carbons (Fsp3) is 0.111. The summed E-state index contributed by atoms with van der Waals surface area (Å²) in [5.41, 5.74) is 6.41. The summed E-state index contributed by atoms with van der Waals surface area (Å²) in [4.78, 5) is 19.3. The van der Waals surface area contributed by atoms with Crippen LogP contribution in [0.5, 0.6) is 5.75 Å². The Morgan fingerprint density at radius 3 is 2.55 bits per heavy atom. The van der Waals surface area contributed by atoms with E-state index in [1.165, 1.54) is 22.5 Å². The van der Waals surface area contributed by atoms with Gasteiger partial charge in [0.2, 0.25) is 0 Å². The van der Waals surface area contributed by atoms with Crippen molar-refractivity contribution < 1.29 is 5.11 Å². The Kier molecular flexibility index (Phi) is 4.82. The van der Waals surface area contributed by atoms with Crippen molar-refractivity contribution in [1.29, 1.82) is 0 Å². The van der Waals surface area contributed by atoms with Crippen molar-refractivity contribution in [2.75, 3.05) is 0 Å². The van der Waals surface area contributed by atoms with E-state index < -0.39 is 0 Å². The summed E-state index contributed by atoms with van der Waals surface area (Å²) in [6.45, 7) is 0. The first-order valence-corrected chi connectivity index (χ1v) is 12.0. The molecule has 0 unspecified atom stereocenters. The molecule has 0 amide bonds. The van der Waals surface area contributed by atoms with Crippen LogP contribution >= 0.6 is 22.9 Å².